The molecular formula is C18H30N2O3. The minimum atomic E-state index is -0.690. The molecule has 0 unspecified atom stereocenters. The van der Waals surface area contributed by atoms with Gasteiger partial charge in [0.1, 0.15) is 0 Å². The number of carbonyl (C=O) groups excluding carboxylic acids is 1. The zero-order chi connectivity index (χ0) is 16.3. The van der Waals surface area contributed by atoms with Crippen molar-refractivity contribution >= 4 is 12.0 Å². The molecule has 0 bridgehead atoms. The van der Waals surface area contributed by atoms with Gasteiger partial charge in [0.15, 0.2) is 0 Å². The normalized spacial score (nSPS) is 30.9. The van der Waals surface area contributed by atoms with Gasteiger partial charge in [0.2, 0.25) is 0 Å². The average molecular weight is 322 g/mol. The molecule has 5 nitrogen and oxygen atoms in total. The number of likely N-dealkylation sites (tertiary alicyclic amines) is 1. The van der Waals surface area contributed by atoms with Crippen molar-refractivity contribution in [2.24, 2.45) is 11.3 Å². The molecule has 3 aliphatic rings. The van der Waals surface area contributed by atoms with E-state index in [1.165, 1.54) is 38.5 Å². The van der Waals surface area contributed by atoms with Crippen LogP contribution >= 0.6 is 0 Å². The minimum Gasteiger partial charge on any atom is -0.481 e. The summed E-state index contributed by atoms with van der Waals surface area (Å²) < 4.78 is 0. The molecule has 1 saturated heterocycles. The second-order valence-corrected chi connectivity index (χ2v) is 7.92. The highest BCUT2D eigenvalue weighted by Crippen LogP contribution is 2.43. The molecule has 5 heteroatoms. The van der Waals surface area contributed by atoms with Crippen molar-refractivity contribution in [2.75, 3.05) is 13.1 Å². The number of carboxylic acids is 1. The lowest BCUT2D eigenvalue weighted by Crippen LogP contribution is -2.52. The Hall–Kier alpha value is -1.26. The van der Waals surface area contributed by atoms with Crippen LogP contribution in [0.2, 0.25) is 0 Å². The predicted molar refractivity (Wildman–Crippen MR) is 88.2 cm³/mol. The van der Waals surface area contributed by atoms with Gasteiger partial charge in [-0.05, 0) is 56.8 Å². The number of nitrogens with one attached hydrogen (secondary N) is 1. The number of urea groups is 1. The maximum Gasteiger partial charge on any atom is 0.317 e. The zero-order valence-corrected chi connectivity index (χ0v) is 14.1. The molecule has 0 aromatic heterocycles. The van der Waals surface area contributed by atoms with Gasteiger partial charge in [-0.15, -0.1) is 0 Å². The second-order valence-electron chi connectivity index (χ2n) is 7.92. The molecule has 130 valence electrons. The number of hydrogen-bond donors (Lipinski definition) is 2. The van der Waals surface area contributed by atoms with Crippen LogP contribution in [-0.2, 0) is 4.79 Å². The number of piperidine rings is 1. The Morgan fingerprint density at radius 2 is 1.61 bits per heavy atom. The molecule has 1 heterocycles. The highest BCUT2D eigenvalue weighted by atomic mass is 16.4. The van der Waals surface area contributed by atoms with Crippen molar-refractivity contribution in [1.82, 2.24) is 10.2 Å². The van der Waals surface area contributed by atoms with Crippen LogP contribution in [0, 0.1) is 11.3 Å². The van der Waals surface area contributed by atoms with Gasteiger partial charge >= 0.3 is 12.0 Å². The fourth-order valence-corrected chi connectivity index (χ4v) is 4.84. The van der Waals surface area contributed by atoms with Gasteiger partial charge in [-0.25, -0.2) is 4.79 Å². The van der Waals surface area contributed by atoms with Crippen LogP contribution in [0.5, 0.6) is 0 Å². The van der Waals surface area contributed by atoms with Crippen LogP contribution in [0.25, 0.3) is 0 Å². The summed E-state index contributed by atoms with van der Waals surface area (Å²) in [6, 6.07) is 0.232. The Kier molecular flexibility index (Phi) is 5.12. The van der Waals surface area contributed by atoms with Crippen molar-refractivity contribution in [3.05, 3.63) is 0 Å². The molecule has 2 N–H and O–H groups in total. The summed E-state index contributed by atoms with van der Waals surface area (Å²) in [6.07, 6.45) is 11.9. The van der Waals surface area contributed by atoms with E-state index in [4.69, 9.17) is 5.11 Å². The van der Waals surface area contributed by atoms with Crippen molar-refractivity contribution in [3.63, 3.8) is 0 Å². The molecule has 3 fully saturated rings. The Balaban J connectivity index is 1.49. The number of hydrogen-bond acceptors (Lipinski definition) is 2. The van der Waals surface area contributed by atoms with Crippen LogP contribution in [0.15, 0.2) is 0 Å². The Labute approximate surface area is 138 Å². The van der Waals surface area contributed by atoms with E-state index in [1.807, 2.05) is 4.90 Å². The van der Waals surface area contributed by atoms with E-state index in [9.17, 15) is 9.59 Å². The first-order valence-electron chi connectivity index (χ1n) is 9.36. The van der Waals surface area contributed by atoms with E-state index in [2.05, 4.69) is 5.32 Å². The van der Waals surface area contributed by atoms with Crippen LogP contribution in [-0.4, -0.2) is 41.1 Å². The summed E-state index contributed by atoms with van der Waals surface area (Å²) in [5.74, 6) is -0.909. The highest BCUT2D eigenvalue weighted by Gasteiger charge is 2.38. The lowest BCUT2D eigenvalue weighted by molar-refractivity contribution is -0.142. The quantitative estimate of drug-likeness (QED) is 0.819. The minimum absolute atomic E-state index is 0.0772. The summed E-state index contributed by atoms with van der Waals surface area (Å²) in [7, 11) is 0. The molecule has 23 heavy (non-hydrogen) atoms. The molecule has 1 aliphatic heterocycles. The molecule has 2 amide bonds. The highest BCUT2D eigenvalue weighted by molar-refractivity contribution is 5.75. The Morgan fingerprint density at radius 3 is 2.26 bits per heavy atom. The smallest absolute Gasteiger partial charge is 0.317 e. The summed E-state index contributed by atoms with van der Waals surface area (Å²) in [5, 5.41) is 12.2. The first-order valence-corrected chi connectivity index (χ1v) is 9.36. The number of rotatable bonds is 2. The Morgan fingerprint density at radius 1 is 0.957 bits per heavy atom. The summed E-state index contributed by atoms with van der Waals surface area (Å²) in [5.41, 5.74) is 0.384. The zero-order valence-electron chi connectivity index (χ0n) is 14.1. The van der Waals surface area contributed by atoms with Crippen molar-refractivity contribution in [1.29, 1.82) is 0 Å². The fraction of sp³-hybridized carbons (Fsp3) is 0.889. The monoisotopic (exact) mass is 322 g/mol. The van der Waals surface area contributed by atoms with Crippen LogP contribution in [0.4, 0.5) is 4.79 Å². The van der Waals surface area contributed by atoms with Gasteiger partial charge < -0.3 is 15.3 Å². The van der Waals surface area contributed by atoms with Crippen molar-refractivity contribution in [2.45, 2.75) is 76.7 Å². The fourth-order valence-electron chi connectivity index (χ4n) is 4.84. The van der Waals surface area contributed by atoms with E-state index in [-0.39, 0.29) is 18.0 Å². The molecule has 2 saturated carbocycles. The summed E-state index contributed by atoms with van der Waals surface area (Å²) in [4.78, 5) is 25.6. The van der Waals surface area contributed by atoms with Gasteiger partial charge in [-0.3, -0.25) is 4.79 Å². The largest absolute Gasteiger partial charge is 0.481 e. The van der Waals surface area contributed by atoms with Gasteiger partial charge in [0.25, 0.3) is 0 Å². The molecule has 1 spiro atoms. The topological polar surface area (TPSA) is 69.6 Å². The van der Waals surface area contributed by atoms with Crippen molar-refractivity contribution < 1.29 is 14.7 Å². The SMILES string of the molecule is O=C(O)C1CCC(NC(=O)N2CCCC3(CCCCC3)C2)CC1. The third-order valence-corrected chi connectivity index (χ3v) is 6.27. The van der Waals surface area contributed by atoms with Gasteiger partial charge in [-0.1, -0.05) is 19.3 Å². The van der Waals surface area contributed by atoms with Gasteiger partial charge in [0, 0.05) is 19.1 Å². The third kappa shape index (κ3) is 3.99. The third-order valence-electron chi connectivity index (χ3n) is 6.27. The molecule has 0 atom stereocenters. The lowest BCUT2D eigenvalue weighted by atomic mass is 9.69. The lowest BCUT2D eigenvalue weighted by Gasteiger charge is -2.45. The van der Waals surface area contributed by atoms with Gasteiger partial charge in [-0.2, -0.15) is 0 Å². The number of carbonyl (C=O) groups is 2. The maximum absolute atomic E-state index is 12.6. The summed E-state index contributed by atoms with van der Waals surface area (Å²) in [6.45, 7) is 1.79. The first-order chi connectivity index (χ1) is 11.1. The van der Waals surface area contributed by atoms with Crippen LogP contribution in [0.3, 0.4) is 0 Å². The van der Waals surface area contributed by atoms with E-state index in [0.29, 0.717) is 18.3 Å². The second kappa shape index (κ2) is 7.10. The molecule has 0 radical (unpaired) electrons. The molecule has 0 aromatic rings. The predicted octanol–water partition coefficient (Wildman–Crippen LogP) is 3.39. The van der Waals surface area contributed by atoms with Crippen LogP contribution < -0.4 is 5.32 Å². The van der Waals surface area contributed by atoms with E-state index < -0.39 is 5.97 Å². The Bertz CT molecular complexity index is 432. The number of nitrogens with zero attached hydrogens (tertiary/aromatic N) is 1. The molecule has 3 rings (SSSR count). The average Bonchev–Trinajstić information content (AvgIpc) is 2.56. The van der Waals surface area contributed by atoms with Crippen LogP contribution in [0.1, 0.15) is 70.6 Å². The molecular weight excluding hydrogens is 292 g/mol. The number of carboxylic acid groups (broad SMARTS) is 1. The van der Waals surface area contributed by atoms with Gasteiger partial charge in [0.05, 0.1) is 5.92 Å². The maximum atomic E-state index is 12.6. The van der Waals surface area contributed by atoms with Crippen molar-refractivity contribution in [3.8, 4) is 0 Å². The number of amides is 2. The summed E-state index contributed by atoms with van der Waals surface area (Å²) >= 11 is 0. The van der Waals surface area contributed by atoms with E-state index in [1.54, 1.807) is 0 Å². The standard InChI is InChI=1S/C18H30N2O3/c21-16(22)14-5-7-15(8-6-14)19-17(23)20-12-4-11-18(13-20)9-2-1-3-10-18/h14-15H,1-13H2,(H,19,23)(H,21,22). The number of aliphatic carboxylic acids is 1. The van der Waals surface area contributed by atoms with E-state index in [0.717, 1.165) is 32.4 Å². The molecule has 2 aliphatic carbocycles. The molecule has 0 aromatic carbocycles. The first kappa shape index (κ1) is 16.6. The van der Waals surface area contributed by atoms with E-state index >= 15 is 0 Å².